The second-order valence-corrected chi connectivity index (χ2v) is 9.34. The van der Waals surface area contributed by atoms with E-state index in [4.69, 9.17) is 0 Å². The number of imidazole rings is 1. The first kappa shape index (κ1) is 18.7. The first-order chi connectivity index (χ1) is 14.0. The largest absolute Gasteiger partial charge is 0.295 e. The fraction of sp³-hybridized carbons (Fsp3) is 0.444. The molecule has 0 spiro atoms. The van der Waals surface area contributed by atoms with Gasteiger partial charge in [0.05, 0.1) is 5.56 Å². The fourth-order valence-corrected chi connectivity index (χ4v) is 5.93. The molecular formula is C27H33N2+. The Labute approximate surface area is 175 Å². The van der Waals surface area contributed by atoms with E-state index in [1.807, 2.05) is 0 Å². The molecule has 2 heteroatoms. The molecule has 3 heterocycles. The SMILES string of the molecule is CCC1(CC)CCc2cccc3c2-c2n(cc[n+]21)-c1c(C(C)C)cccc1C3C. The van der Waals surface area contributed by atoms with E-state index in [0.717, 1.165) is 6.42 Å². The monoisotopic (exact) mass is 385 g/mol. The molecule has 1 atom stereocenters. The zero-order valence-electron chi connectivity index (χ0n) is 18.5. The lowest BCUT2D eigenvalue weighted by atomic mass is 9.84. The van der Waals surface area contributed by atoms with Crippen molar-refractivity contribution in [1.82, 2.24) is 4.57 Å². The molecule has 150 valence electrons. The van der Waals surface area contributed by atoms with Gasteiger partial charge in [-0.3, -0.25) is 0 Å². The molecule has 0 N–H and O–H groups in total. The van der Waals surface area contributed by atoms with Crippen molar-refractivity contribution in [3.63, 3.8) is 0 Å². The van der Waals surface area contributed by atoms with Crippen LogP contribution >= 0.6 is 0 Å². The van der Waals surface area contributed by atoms with E-state index in [2.05, 4.69) is 92.5 Å². The van der Waals surface area contributed by atoms with E-state index < -0.39 is 0 Å². The van der Waals surface area contributed by atoms with Crippen LogP contribution in [-0.4, -0.2) is 4.57 Å². The Kier molecular flexibility index (Phi) is 4.24. The lowest BCUT2D eigenvalue weighted by Gasteiger charge is -2.28. The highest BCUT2D eigenvalue weighted by atomic mass is 15.2. The third-order valence-corrected chi connectivity index (χ3v) is 7.81. The van der Waals surface area contributed by atoms with Gasteiger partial charge in [0.2, 0.25) is 0 Å². The summed E-state index contributed by atoms with van der Waals surface area (Å²) in [5.41, 5.74) is 9.00. The molecule has 5 rings (SSSR count). The van der Waals surface area contributed by atoms with Crippen LogP contribution < -0.4 is 4.57 Å². The minimum atomic E-state index is 0.192. The summed E-state index contributed by atoms with van der Waals surface area (Å²) in [7, 11) is 0. The Morgan fingerprint density at radius 1 is 1.07 bits per heavy atom. The van der Waals surface area contributed by atoms with E-state index in [1.165, 1.54) is 58.6 Å². The molecule has 1 unspecified atom stereocenters. The van der Waals surface area contributed by atoms with Crippen LogP contribution in [0.2, 0.25) is 0 Å². The average Bonchev–Trinajstić information content (AvgIpc) is 3.08. The first-order valence-electron chi connectivity index (χ1n) is 11.4. The molecule has 0 radical (unpaired) electrons. The van der Waals surface area contributed by atoms with Gasteiger partial charge in [-0.1, -0.05) is 71.0 Å². The Hall–Kier alpha value is -2.35. The smallest absolute Gasteiger partial charge is 0.224 e. The quantitative estimate of drug-likeness (QED) is 0.456. The van der Waals surface area contributed by atoms with Crippen molar-refractivity contribution in [2.75, 3.05) is 0 Å². The number of hydrogen-bond donors (Lipinski definition) is 0. The minimum Gasteiger partial charge on any atom is -0.224 e. The van der Waals surface area contributed by atoms with Crippen LogP contribution in [0.1, 0.15) is 88.0 Å². The molecule has 2 aliphatic heterocycles. The predicted octanol–water partition coefficient (Wildman–Crippen LogP) is 6.48. The van der Waals surface area contributed by atoms with Crippen molar-refractivity contribution < 1.29 is 4.57 Å². The number of para-hydroxylation sites is 1. The topological polar surface area (TPSA) is 8.81 Å². The van der Waals surface area contributed by atoms with Crippen molar-refractivity contribution >= 4 is 0 Å². The van der Waals surface area contributed by atoms with Gasteiger partial charge in [0.1, 0.15) is 23.6 Å². The van der Waals surface area contributed by atoms with Crippen LogP contribution in [0.3, 0.4) is 0 Å². The van der Waals surface area contributed by atoms with Gasteiger partial charge in [-0.2, -0.15) is 4.57 Å². The van der Waals surface area contributed by atoms with Gasteiger partial charge in [0, 0.05) is 17.0 Å². The maximum Gasteiger partial charge on any atom is 0.295 e. The van der Waals surface area contributed by atoms with E-state index in [0.29, 0.717) is 11.8 Å². The molecule has 3 aromatic rings. The Bertz CT molecular complexity index is 1080. The molecule has 29 heavy (non-hydrogen) atoms. The van der Waals surface area contributed by atoms with E-state index in [-0.39, 0.29) is 5.54 Å². The summed E-state index contributed by atoms with van der Waals surface area (Å²) in [6.45, 7) is 11.8. The average molecular weight is 386 g/mol. The van der Waals surface area contributed by atoms with Gasteiger partial charge >= 0.3 is 0 Å². The maximum absolute atomic E-state index is 2.64. The van der Waals surface area contributed by atoms with Crippen molar-refractivity contribution in [2.24, 2.45) is 0 Å². The number of rotatable bonds is 3. The standard InChI is InChI=1S/C27H33N2/c1-6-27(7-2)15-14-20-10-8-12-22-19(5)23-13-9-11-21(18(3)4)25(23)28-16-17-29(27)26(28)24(20)22/h8-13,16-19H,6-7,14-15H2,1-5H3/q+1. The molecule has 2 nitrogen and oxygen atoms in total. The van der Waals surface area contributed by atoms with Gasteiger partial charge < -0.3 is 0 Å². The Morgan fingerprint density at radius 2 is 1.79 bits per heavy atom. The van der Waals surface area contributed by atoms with Gasteiger partial charge in [-0.05, 0) is 42.7 Å². The zero-order chi connectivity index (χ0) is 20.3. The van der Waals surface area contributed by atoms with Gasteiger partial charge in [0.25, 0.3) is 5.82 Å². The van der Waals surface area contributed by atoms with Crippen molar-refractivity contribution in [3.8, 4) is 17.1 Å². The summed E-state index contributed by atoms with van der Waals surface area (Å²) in [5, 5.41) is 0. The van der Waals surface area contributed by atoms with Crippen LogP contribution in [0, 0.1) is 0 Å². The number of aryl methyl sites for hydroxylation is 1. The Morgan fingerprint density at radius 3 is 2.52 bits per heavy atom. The lowest BCUT2D eigenvalue weighted by molar-refractivity contribution is -0.756. The molecule has 2 aliphatic rings. The zero-order valence-corrected chi connectivity index (χ0v) is 18.5. The third kappa shape index (κ3) is 2.44. The molecule has 0 amide bonds. The molecule has 1 aromatic heterocycles. The number of hydrogen-bond acceptors (Lipinski definition) is 0. The van der Waals surface area contributed by atoms with E-state index in [1.54, 1.807) is 0 Å². The van der Waals surface area contributed by atoms with E-state index >= 15 is 0 Å². The number of fused-ring (bicyclic) bond motifs is 2. The first-order valence-corrected chi connectivity index (χ1v) is 11.4. The maximum atomic E-state index is 2.64. The normalized spacial score (nSPS) is 18.8. The lowest BCUT2D eigenvalue weighted by Crippen LogP contribution is -2.55. The summed E-state index contributed by atoms with van der Waals surface area (Å²) in [4.78, 5) is 0. The van der Waals surface area contributed by atoms with Gasteiger partial charge in [0.15, 0.2) is 0 Å². The summed E-state index contributed by atoms with van der Waals surface area (Å²) >= 11 is 0. The molecule has 0 aliphatic carbocycles. The number of aromatic nitrogens is 2. The molecule has 2 aromatic carbocycles. The van der Waals surface area contributed by atoms with Gasteiger partial charge in [-0.15, -0.1) is 0 Å². The predicted molar refractivity (Wildman–Crippen MR) is 120 cm³/mol. The van der Waals surface area contributed by atoms with Crippen LogP contribution in [0.25, 0.3) is 17.1 Å². The van der Waals surface area contributed by atoms with E-state index in [9.17, 15) is 0 Å². The highest BCUT2D eigenvalue weighted by Crippen LogP contribution is 2.46. The van der Waals surface area contributed by atoms with Crippen LogP contribution in [0.4, 0.5) is 0 Å². The highest BCUT2D eigenvalue weighted by molar-refractivity contribution is 5.72. The summed E-state index contributed by atoms with van der Waals surface area (Å²) in [6, 6.07) is 13.9. The van der Waals surface area contributed by atoms with Gasteiger partial charge in [-0.25, -0.2) is 4.57 Å². The van der Waals surface area contributed by atoms with Crippen molar-refractivity contribution in [2.45, 2.75) is 77.7 Å². The van der Waals surface area contributed by atoms with Crippen molar-refractivity contribution in [1.29, 1.82) is 0 Å². The second-order valence-electron chi connectivity index (χ2n) is 9.34. The second kappa shape index (κ2) is 6.58. The summed E-state index contributed by atoms with van der Waals surface area (Å²) in [5.74, 6) is 2.28. The molecule has 0 saturated heterocycles. The number of nitrogens with zero attached hydrogens (tertiary/aromatic N) is 2. The highest BCUT2D eigenvalue weighted by Gasteiger charge is 2.44. The molecular weight excluding hydrogens is 352 g/mol. The van der Waals surface area contributed by atoms with Crippen LogP contribution in [0.5, 0.6) is 0 Å². The summed E-state index contributed by atoms with van der Waals surface area (Å²) in [6.07, 6.45) is 9.42. The minimum absolute atomic E-state index is 0.192. The van der Waals surface area contributed by atoms with Crippen LogP contribution in [-0.2, 0) is 12.0 Å². The third-order valence-electron chi connectivity index (χ3n) is 7.81. The fourth-order valence-electron chi connectivity index (χ4n) is 5.93. The molecule has 0 bridgehead atoms. The molecule has 0 saturated carbocycles. The van der Waals surface area contributed by atoms with Crippen molar-refractivity contribution in [3.05, 3.63) is 71.0 Å². The summed E-state index contributed by atoms with van der Waals surface area (Å²) < 4.78 is 5.17. The Balaban J connectivity index is 1.96. The number of benzene rings is 2. The molecule has 0 fully saturated rings. The van der Waals surface area contributed by atoms with Crippen LogP contribution in [0.15, 0.2) is 48.8 Å².